The lowest BCUT2D eigenvalue weighted by molar-refractivity contribution is -0.533. The van der Waals surface area contributed by atoms with Crippen molar-refractivity contribution in [2.45, 2.75) is 39.5 Å². The minimum atomic E-state index is 1.27. The molecule has 0 aromatic heterocycles. The number of hydrogen-bond acceptors (Lipinski definition) is 0. The van der Waals surface area contributed by atoms with Gasteiger partial charge in [0.25, 0.3) is 0 Å². The van der Waals surface area contributed by atoms with E-state index in [-0.39, 0.29) is 0 Å². The van der Waals surface area contributed by atoms with Crippen LogP contribution in [0.25, 0.3) is 0 Å². The summed E-state index contributed by atoms with van der Waals surface area (Å²) in [7, 11) is 0. The first-order valence-electron chi connectivity index (χ1n) is 4.42. The van der Waals surface area contributed by atoms with Gasteiger partial charge >= 0.3 is 0 Å². The van der Waals surface area contributed by atoms with E-state index in [1.807, 2.05) is 0 Å². The summed E-state index contributed by atoms with van der Waals surface area (Å²) in [6, 6.07) is 0. The van der Waals surface area contributed by atoms with Crippen LogP contribution in [0.1, 0.15) is 39.5 Å². The van der Waals surface area contributed by atoms with Crippen LogP contribution in [0.4, 0.5) is 0 Å². The van der Waals surface area contributed by atoms with E-state index in [0.29, 0.717) is 0 Å². The monoisotopic (exact) mass is 140 g/mol. The molecule has 0 N–H and O–H groups in total. The van der Waals surface area contributed by atoms with Gasteiger partial charge in [-0.2, -0.15) is 0 Å². The molecule has 0 saturated carbocycles. The van der Waals surface area contributed by atoms with E-state index >= 15 is 0 Å². The Morgan fingerprint density at radius 3 is 2.80 bits per heavy atom. The molecule has 1 aliphatic rings. The molecule has 1 heterocycles. The van der Waals surface area contributed by atoms with Gasteiger partial charge in [0.05, 0.1) is 0 Å². The van der Waals surface area contributed by atoms with E-state index in [1.165, 1.54) is 38.8 Å². The van der Waals surface area contributed by atoms with Crippen LogP contribution >= 0.6 is 0 Å². The Morgan fingerprint density at radius 2 is 2.20 bits per heavy atom. The highest BCUT2D eigenvalue weighted by atomic mass is 15.0. The Labute approximate surface area is 63.8 Å². The van der Waals surface area contributed by atoms with Crippen molar-refractivity contribution in [1.82, 2.24) is 0 Å². The zero-order valence-electron chi connectivity index (χ0n) is 7.19. The minimum Gasteiger partial charge on any atom is -0.237 e. The topological polar surface area (TPSA) is 3.01 Å². The molecular formula is C9H18N+. The third-order valence-corrected chi connectivity index (χ3v) is 2.25. The van der Waals surface area contributed by atoms with Crippen LogP contribution in [0.2, 0.25) is 0 Å². The molecule has 0 bridgehead atoms. The second kappa shape index (κ2) is 3.75. The summed E-state index contributed by atoms with van der Waals surface area (Å²) in [5, 5.41) is 0. The first-order chi connectivity index (χ1) is 4.84. The molecule has 10 heavy (non-hydrogen) atoms. The molecule has 0 aromatic rings. The van der Waals surface area contributed by atoms with E-state index in [0.717, 1.165) is 0 Å². The van der Waals surface area contributed by atoms with Crippen LogP contribution in [-0.2, 0) is 0 Å². The third kappa shape index (κ3) is 1.83. The van der Waals surface area contributed by atoms with E-state index < -0.39 is 0 Å². The first-order valence-corrected chi connectivity index (χ1v) is 4.42. The minimum absolute atomic E-state index is 1.27. The fourth-order valence-corrected chi connectivity index (χ4v) is 1.61. The Kier molecular flexibility index (Phi) is 2.91. The molecule has 1 aliphatic heterocycles. The van der Waals surface area contributed by atoms with Gasteiger partial charge in [0.15, 0.2) is 0 Å². The van der Waals surface area contributed by atoms with Gasteiger partial charge in [-0.05, 0) is 6.42 Å². The lowest BCUT2D eigenvalue weighted by atomic mass is 10.1. The quantitative estimate of drug-likeness (QED) is 0.516. The van der Waals surface area contributed by atoms with E-state index in [4.69, 9.17) is 0 Å². The lowest BCUT2D eigenvalue weighted by Crippen LogP contribution is -2.25. The first kappa shape index (κ1) is 7.77. The second-order valence-electron chi connectivity index (χ2n) is 3.18. The van der Waals surface area contributed by atoms with Crippen LogP contribution in [-0.4, -0.2) is 23.4 Å². The molecule has 0 radical (unpaired) electrons. The lowest BCUT2D eigenvalue weighted by Gasteiger charge is -2.11. The number of nitrogens with zero attached hydrogens (tertiary/aromatic N) is 1. The van der Waals surface area contributed by atoms with Crippen molar-refractivity contribution in [3.8, 4) is 0 Å². The van der Waals surface area contributed by atoms with Crippen LogP contribution in [0.15, 0.2) is 0 Å². The van der Waals surface area contributed by atoms with Crippen LogP contribution in [0.5, 0.6) is 0 Å². The molecule has 1 heteroatoms. The summed E-state index contributed by atoms with van der Waals surface area (Å²) in [4.78, 5) is 0. The number of hydrogen-bond donors (Lipinski definition) is 0. The van der Waals surface area contributed by atoms with Crippen LogP contribution < -0.4 is 0 Å². The summed E-state index contributed by atoms with van der Waals surface area (Å²) in [5.74, 6) is 0. The van der Waals surface area contributed by atoms with Crippen molar-refractivity contribution in [2.75, 3.05) is 13.1 Å². The van der Waals surface area contributed by atoms with Gasteiger partial charge in [-0.1, -0.05) is 6.92 Å². The highest BCUT2D eigenvalue weighted by Crippen LogP contribution is 2.05. The summed E-state index contributed by atoms with van der Waals surface area (Å²) >= 11 is 0. The molecule has 0 amide bonds. The summed E-state index contributed by atoms with van der Waals surface area (Å²) in [6.07, 6.45) is 5.43. The predicted molar refractivity (Wildman–Crippen MR) is 44.8 cm³/mol. The fourth-order valence-electron chi connectivity index (χ4n) is 1.61. The molecule has 0 spiro atoms. The maximum absolute atomic E-state index is 2.53. The number of rotatable bonds is 2. The van der Waals surface area contributed by atoms with Gasteiger partial charge in [-0.15, -0.1) is 0 Å². The van der Waals surface area contributed by atoms with Crippen molar-refractivity contribution in [3.63, 3.8) is 0 Å². The molecule has 0 aromatic carbocycles. The van der Waals surface area contributed by atoms with Gasteiger partial charge in [0.2, 0.25) is 0 Å². The van der Waals surface area contributed by atoms with Gasteiger partial charge in [-0.25, -0.2) is 4.58 Å². The molecule has 1 rings (SSSR count). The molecule has 0 saturated heterocycles. The van der Waals surface area contributed by atoms with Crippen molar-refractivity contribution in [3.05, 3.63) is 0 Å². The van der Waals surface area contributed by atoms with Gasteiger partial charge in [0, 0.05) is 26.2 Å². The molecule has 0 fully saturated rings. The Balaban J connectivity index is 2.50. The van der Waals surface area contributed by atoms with E-state index in [2.05, 4.69) is 18.4 Å². The Bertz CT molecular complexity index is 136. The van der Waals surface area contributed by atoms with Crippen molar-refractivity contribution < 1.29 is 4.58 Å². The molecule has 0 aliphatic carbocycles. The average molecular weight is 140 g/mol. The summed E-state index contributed by atoms with van der Waals surface area (Å²) < 4.78 is 2.53. The fraction of sp³-hybridized carbons (Fsp3) is 0.889. The smallest absolute Gasteiger partial charge is 0.149 e. The zero-order valence-corrected chi connectivity index (χ0v) is 7.19. The van der Waals surface area contributed by atoms with Gasteiger partial charge < -0.3 is 0 Å². The molecule has 1 nitrogen and oxygen atoms in total. The molecular weight excluding hydrogens is 122 g/mol. The van der Waals surface area contributed by atoms with Gasteiger partial charge in [-0.3, -0.25) is 0 Å². The average Bonchev–Trinajstić information content (AvgIpc) is 1.94. The largest absolute Gasteiger partial charge is 0.237 e. The summed E-state index contributed by atoms with van der Waals surface area (Å²) in [6.45, 7) is 7.10. The zero-order chi connectivity index (χ0) is 7.40. The normalized spacial score (nSPS) is 19.8. The van der Waals surface area contributed by atoms with Crippen molar-refractivity contribution >= 4 is 5.71 Å². The Hall–Kier alpha value is -0.330. The highest BCUT2D eigenvalue weighted by molar-refractivity contribution is 5.77. The maximum atomic E-state index is 2.53. The van der Waals surface area contributed by atoms with Gasteiger partial charge in [0.1, 0.15) is 18.8 Å². The second-order valence-corrected chi connectivity index (χ2v) is 3.18. The van der Waals surface area contributed by atoms with Crippen molar-refractivity contribution in [2.24, 2.45) is 0 Å². The summed E-state index contributed by atoms with van der Waals surface area (Å²) in [5.41, 5.74) is 1.60. The maximum Gasteiger partial charge on any atom is 0.149 e. The van der Waals surface area contributed by atoms with E-state index in [9.17, 15) is 0 Å². The SMILES string of the molecule is CCC[N+]1=C(C)CCCC1. The van der Waals surface area contributed by atoms with Crippen LogP contribution in [0.3, 0.4) is 0 Å². The molecule has 58 valence electrons. The molecule has 0 unspecified atom stereocenters. The third-order valence-electron chi connectivity index (χ3n) is 2.25. The van der Waals surface area contributed by atoms with Crippen LogP contribution in [0, 0.1) is 0 Å². The Morgan fingerprint density at radius 1 is 1.40 bits per heavy atom. The molecule has 0 atom stereocenters. The predicted octanol–water partition coefficient (Wildman–Crippen LogP) is 2.05. The van der Waals surface area contributed by atoms with E-state index in [1.54, 1.807) is 5.71 Å². The van der Waals surface area contributed by atoms with Crippen molar-refractivity contribution in [1.29, 1.82) is 0 Å². The standard InChI is InChI=1S/C9H18N/c1-3-7-10-8-5-4-6-9(10)2/h3-8H2,1-2H3/q+1. The highest BCUT2D eigenvalue weighted by Gasteiger charge is 2.13.